The van der Waals surface area contributed by atoms with Crippen molar-refractivity contribution >= 4 is 0 Å². The molecule has 0 bridgehead atoms. The van der Waals surface area contributed by atoms with Crippen LogP contribution in [0.1, 0.15) is 78.1 Å². The molecule has 0 heterocycles. The summed E-state index contributed by atoms with van der Waals surface area (Å²) < 4.78 is 0. The Morgan fingerprint density at radius 1 is 0.714 bits per heavy atom. The summed E-state index contributed by atoms with van der Waals surface area (Å²) in [5, 5.41) is 9.63. The van der Waals surface area contributed by atoms with Crippen molar-refractivity contribution in [1.29, 1.82) is 0 Å². The SMILES string of the molecule is CCCCCCC[C@H](O)CCCCC. The first kappa shape index (κ1) is 14.0. The van der Waals surface area contributed by atoms with Gasteiger partial charge in [-0.15, -0.1) is 0 Å². The summed E-state index contributed by atoms with van der Waals surface area (Å²) in [7, 11) is 0. The molecule has 86 valence electrons. The van der Waals surface area contributed by atoms with Crippen molar-refractivity contribution in [3.8, 4) is 0 Å². The largest absolute Gasteiger partial charge is 0.393 e. The van der Waals surface area contributed by atoms with E-state index in [0.717, 1.165) is 12.8 Å². The van der Waals surface area contributed by atoms with Crippen LogP contribution in [0.4, 0.5) is 0 Å². The second kappa shape index (κ2) is 11.0. The third-order valence-electron chi connectivity index (χ3n) is 2.78. The van der Waals surface area contributed by atoms with Crippen LogP contribution < -0.4 is 0 Å². The molecular formula is C13H28O. The lowest BCUT2D eigenvalue weighted by Gasteiger charge is -2.09. The molecule has 0 saturated carbocycles. The third-order valence-corrected chi connectivity index (χ3v) is 2.78. The standard InChI is InChI=1S/C13H28O/c1-3-5-7-8-10-12-13(14)11-9-6-4-2/h13-14H,3-12H2,1-2H3/t13-/m1/s1. The summed E-state index contributed by atoms with van der Waals surface area (Å²) in [5.41, 5.74) is 0. The van der Waals surface area contributed by atoms with Gasteiger partial charge in [-0.3, -0.25) is 0 Å². The number of aliphatic hydroxyl groups is 1. The van der Waals surface area contributed by atoms with Gasteiger partial charge in [0.1, 0.15) is 0 Å². The van der Waals surface area contributed by atoms with E-state index in [1.54, 1.807) is 0 Å². The predicted molar refractivity (Wildman–Crippen MR) is 63.5 cm³/mol. The highest BCUT2D eigenvalue weighted by Gasteiger charge is 2.02. The van der Waals surface area contributed by atoms with Crippen molar-refractivity contribution in [3.63, 3.8) is 0 Å². The number of hydrogen-bond acceptors (Lipinski definition) is 1. The smallest absolute Gasteiger partial charge is 0.0540 e. The molecule has 0 aromatic rings. The zero-order valence-electron chi connectivity index (χ0n) is 10.1. The Morgan fingerprint density at radius 3 is 1.71 bits per heavy atom. The molecule has 0 amide bonds. The second-order valence-corrected chi connectivity index (χ2v) is 4.35. The zero-order chi connectivity index (χ0) is 10.6. The van der Waals surface area contributed by atoms with E-state index in [-0.39, 0.29) is 6.10 Å². The van der Waals surface area contributed by atoms with Gasteiger partial charge in [-0.1, -0.05) is 65.2 Å². The van der Waals surface area contributed by atoms with E-state index >= 15 is 0 Å². The lowest BCUT2D eigenvalue weighted by Crippen LogP contribution is -2.05. The first-order chi connectivity index (χ1) is 6.81. The minimum Gasteiger partial charge on any atom is -0.393 e. The minimum atomic E-state index is -0.0248. The van der Waals surface area contributed by atoms with Crippen molar-refractivity contribution in [2.45, 2.75) is 84.2 Å². The molecule has 1 nitrogen and oxygen atoms in total. The zero-order valence-corrected chi connectivity index (χ0v) is 10.1. The van der Waals surface area contributed by atoms with Crippen LogP contribution in [0.5, 0.6) is 0 Å². The molecule has 1 heteroatoms. The number of hydrogen-bond donors (Lipinski definition) is 1. The molecule has 0 spiro atoms. The fraction of sp³-hybridized carbons (Fsp3) is 1.00. The van der Waals surface area contributed by atoms with Gasteiger partial charge in [0.05, 0.1) is 6.10 Å². The van der Waals surface area contributed by atoms with Crippen LogP contribution in [-0.2, 0) is 0 Å². The molecule has 0 radical (unpaired) electrons. The van der Waals surface area contributed by atoms with Crippen LogP contribution in [0.15, 0.2) is 0 Å². The lowest BCUT2D eigenvalue weighted by molar-refractivity contribution is 0.147. The molecular weight excluding hydrogens is 172 g/mol. The molecule has 0 saturated heterocycles. The Hall–Kier alpha value is -0.0400. The Labute approximate surface area is 89.9 Å². The minimum absolute atomic E-state index is 0.0248. The highest BCUT2D eigenvalue weighted by atomic mass is 16.3. The van der Waals surface area contributed by atoms with Gasteiger partial charge in [0.25, 0.3) is 0 Å². The number of aliphatic hydroxyl groups excluding tert-OH is 1. The summed E-state index contributed by atoms with van der Waals surface area (Å²) in [4.78, 5) is 0. The molecule has 0 aromatic carbocycles. The first-order valence-electron chi connectivity index (χ1n) is 6.49. The molecule has 0 fully saturated rings. The molecule has 0 aliphatic carbocycles. The molecule has 14 heavy (non-hydrogen) atoms. The van der Waals surface area contributed by atoms with Crippen LogP contribution in [0.3, 0.4) is 0 Å². The van der Waals surface area contributed by atoms with E-state index in [9.17, 15) is 5.11 Å². The van der Waals surface area contributed by atoms with Crippen LogP contribution in [0.2, 0.25) is 0 Å². The van der Waals surface area contributed by atoms with E-state index in [1.165, 1.54) is 51.4 Å². The Bertz CT molecular complexity index is 101. The molecule has 0 aromatic heterocycles. The maximum Gasteiger partial charge on any atom is 0.0540 e. The second-order valence-electron chi connectivity index (χ2n) is 4.35. The van der Waals surface area contributed by atoms with Crippen molar-refractivity contribution in [1.82, 2.24) is 0 Å². The van der Waals surface area contributed by atoms with Gasteiger partial charge in [0.15, 0.2) is 0 Å². The van der Waals surface area contributed by atoms with Crippen molar-refractivity contribution < 1.29 is 5.11 Å². The highest BCUT2D eigenvalue weighted by Crippen LogP contribution is 2.11. The van der Waals surface area contributed by atoms with Gasteiger partial charge in [0.2, 0.25) is 0 Å². The Morgan fingerprint density at radius 2 is 1.14 bits per heavy atom. The predicted octanol–water partition coefficient (Wildman–Crippen LogP) is 4.29. The van der Waals surface area contributed by atoms with Gasteiger partial charge in [-0.2, -0.15) is 0 Å². The summed E-state index contributed by atoms with van der Waals surface area (Å²) in [6.45, 7) is 4.44. The topological polar surface area (TPSA) is 20.2 Å². The maximum atomic E-state index is 9.63. The highest BCUT2D eigenvalue weighted by molar-refractivity contribution is 4.56. The molecule has 0 rings (SSSR count). The van der Waals surface area contributed by atoms with Crippen LogP contribution in [0, 0.1) is 0 Å². The third kappa shape index (κ3) is 10.0. The summed E-state index contributed by atoms with van der Waals surface area (Å²) in [6.07, 6.45) is 12.3. The summed E-state index contributed by atoms with van der Waals surface area (Å²) in [6, 6.07) is 0. The van der Waals surface area contributed by atoms with Gasteiger partial charge in [-0.05, 0) is 12.8 Å². The Kier molecular flexibility index (Phi) is 11.0. The van der Waals surface area contributed by atoms with E-state index in [0.29, 0.717) is 0 Å². The van der Waals surface area contributed by atoms with Gasteiger partial charge in [0, 0.05) is 0 Å². The number of unbranched alkanes of at least 4 members (excludes halogenated alkanes) is 6. The average Bonchev–Trinajstić information content (AvgIpc) is 2.18. The van der Waals surface area contributed by atoms with Crippen molar-refractivity contribution in [3.05, 3.63) is 0 Å². The quantitative estimate of drug-likeness (QED) is 0.522. The molecule has 0 aliphatic rings. The Balaban J connectivity index is 3.06. The van der Waals surface area contributed by atoms with E-state index in [4.69, 9.17) is 0 Å². The van der Waals surface area contributed by atoms with E-state index in [1.807, 2.05) is 0 Å². The first-order valence-corrected chi connectivity index (χ1v) is 6.49. The van der Waals surface area contributed by atoms with E-state index in [2.05, 4.69) is 13.8 Å². The fourth-order valence-corrected chi connectivity index (χ4v) is 1.76. The molecule has 0 aliphatic heterocycles. The summed E-state index contributed by atoms with van der Waals surface area (Å²) in [5.74, 6) is 0. The van der Waals surface area contributed by atoms with Gasteiger partial charge in [-0.25, -0.2) is 0 Å². The monoisotopic (exact) mass is 200 g/mol. The van der Waals surface area contributed by atoms with Crippen LogP contribution >= 0.6 is 0 Å². The van der Waals surface area contributed by atoms with Gasteiger partial charge < -0.3 is 5.11 Å². The molecule has 0 unspecified atom stereocenters. The van der Waals surface area contributed by atoms with Crippen LogP contribution in [0.25, 0.3) is 0 Å². The van der Waals surface area contributed by atoms with Crippen molar-refractivity contribution in [2.75, 3.05) is 0 Å². The fourth-order valence-electron chi connectivity index (χ4n) is 1.76. The van der Waals surface area contributed by atoms with Crippen molar-refractivity contribution in [2.24, 2.45) is 0 Å². The van der Waals surface area contributed by atoms with Gasteiger partial charge >= 0.3 is 0 Å². The van der Waals surface area contributed by atoms with E-state index < -0.39 is 0 Å². The maximum absolute atomic E-state index is 9.63. The van der Waals surface area contributed by atoms with Crippen LogP contribution in [-0.4, -0.2) is 11.2 Å². The normalized spacial score (nSPS) is 13.1. The average molecular weight is 200 g/mol. The number of rotatable bonds is 10. The lowest BCUT2D eigenvalue weighted by atomic mass is 10.0. The molecule has 1 N–H and O–H groups in total. The summed E-state index contributed by atoms with van der Waals surface area (Å²) >= 11 is 0. The molecule has 1 atom stereocenters.